The van der Waals surface area contributed by atoms with Crippen LogP contribution in [0.1, 0.15) is 49.5 Å². The van der Waals surface area contributed by atoms with E-state index in [1.54, 1.807) is 0 Å². The average molecular weight is 209 g/mol. The number of hydrogen-bond donors (Lipinski definition) is 1. The third-order valence-corrected chi connectivity index (χ3v) is 4.50. The van der Waals surface area contributed by atoms with Gasteiger partial charge in [0.2, 0.25) is 0 Å². The van der Waals surface area contributed by atoms with E-state index in [4.69, 9.17) is 5.73 Å². The smallest absolute Gasteiger partial charge is 0.0506 e. The lowest BCUT2D eigenvalue weighted by Gasteiger charge is -2.33. The van der Waals surface area contributed by atoms with Crippen LogP contribution in [-0.4, -0.2) is 0 Å². The first-order valence-electron chi connectivity index (χ1n) is 5.62. The Morgan fingerprint density at radius 2 is 2.07 bits per heavy atom. The molecule has 1 aliphatic rings. The third-order valence-electron chi connectivity index (χ3n) is 3.33. The summed E-state index contributed by atoms with van der Waals surface area (Å²) in [5.41, 5.74) is 7.99. The molecule has 1 aliphatic carbocycles. The normalized spacial score (nSPS) is 21.0. The van der Waals surface area contributed by atoms with Gasteiger partial charge in [-0.1, -0.05) is 26.2 Å². The predicted octanol–water partition coefficient (Wildman–Crippen LogP) is 3.43. The van der Waals surface area contributed by atoms with Crippen LogP contribution in [0.5, 0.6) is 0 Å². The Morgan fingerprint density at radius 1 is 1.36 bits per heavy atom. The third kappa shape index (κ3) is 1.73. The maximum atomic E-state index is 6.51. The Labute approximate surface area is 90.3 Å². The molecule has 14 heavy (non-hydrogen) atoms. The van der Waals surface area contributed by atoms with Crippen LogP contribution in [-0.2, 0) is 12.0 Å². The molecule has 0 saturated heterocycles. The van der Waals surface area contributed by atoms with Gasteiger partial charge in [-0.25, -0.2) is 0 Å². The molecular weight excluding hydrogens is 190 g/mol. The molecule has 0 bridgehead atoms. The summed E-state index contributed by atoms with van der Waals surface area (Å²) in [5.74, 6) is 0. The van der Waals surface area contributed by atoms with Crippen molar-refractivity contribution < 1.29 is 0 Å². The number of hydrogen-bond acceptors (Lipinski definition) is 2. The maximum absolute atomic E-state index is 6.51. The molecule has 0 radical (unpaired) electrons. The Morgan fingerprint density at radius 3 is 2.71 bits per heavy atom. The summed E-state index contributed by atoms with van der Waals surface area (Å²) in [5, 5.41) is 2.19. The van der Waals surface area contributed by atoms with Gasteiger partial charge in [0.15, 0.2) is 0 Å². The SMILES string of the molecule is CCc1ccsc1C1(N)CCCCC1. The molecule has 2 heteroatoms. The summed E-state index contributed by atoms with van der Waals surface area (Å²) in [6.45, 7) is 2.22. The van der Waals surface area contributed by atoms with Gasteiger partial charge in [-0.05, 0) is 36.3 Å². The topological polar surface area (TPSA) is 26.0 Å². The van der Waals surface area contributed by atoms with Crippen molar-refractivity contribution >= 4 is 11.3 Å². The van der Waals surface area contributed by atoms with E-state index in [2.05, 4.69) is 18.4 Å². The lowest BCUT2D eigenvalue weighted by molar-refractivity contribution is 0.306. The molecule has 0 unspecified atom stereocenters. The van der Waals surface area contributed by atoms with Gasteiger partial charge < -0.3 is 5.73 Å². The summed E-state index contributed by atoms with van der Waals surface area (Å²) in [6, 6.07) is 2.24. The van der Waals surface area contributed by atoms with Crippen molar-refractivity contribution in [2.45, 2.75) is 51.0 Å². The number of aryl methyl sites for hydroxylation is 1. The second-order valence-corrected chi connectivity index (χ2v) is 5.26. The van der Waals surface area contributed by atoms with Crippen molar-refractivity contribution in [2.75, 3.05) is 0 Å². The van der Waals surface area contributed by atoms with E-state index < -0.39 is 0 Å². The lowest BCUT2D eigenvalue weighted by atomic mass is 9.80. The van der Waals surface area contributed by atoms with Gasteiger partial charge in [-0.3, -0.25) is 0 Å². The first-order valence-corrected chi connectivity index (χ1v) is 6.50. The zero-order valence-electron chi connectivity index (χ0n) is 8.88. The van der Waals surface area contributed by atoms with Gasteiger partial charge in [-0.15, -0.1) is 11.3 Å². The van der Waals surface area contributed by atoms with Gasteiger partial charge in [0, 0.05) is 4.88 Å². The van der Waals surface area contributed by atoms with Gasteiger partial charge in [0.05, 0.1) is 5.54 Å². The standard InChI is InChI=1S/C12H19NS/c1-2-10-6-9-14-11(10)12(13)7-4-3-5-8-12/h6,9H,2-5,7-8,13H2,1H3. The largest absolute Gasteiger partial charge is 0.321 e. The minimum absolute atomic E-state index is 0.0117. The van der Waals surface area contributed by atoms with Crippen molar-refractivity contribution in [1.82, 2.24) is 0 Å². The highest BCUT2D eigenvalue weighted by molar-refractivity contribution is 7.10. The van der Waals surface area contributed by atoms with E-state index >= 15 is 0 Å². The van der Waals surface area contributed by atoms with Crippen LogP contribution in [0.4, 0.5) is 0 Å². The number of nitrogens with two attached hydrogens (primary N) is 1. The summed E-state index contributed by atoms with van der Waals surface area (Å²) >= 11 is 1.85. The molecule has 78 valence electrons. The quantitative estimate of drug-likeness (QED) is 0.793. The zero-order chi connectivity index (χ0) is 10.0. The first kappa shape index (κ1) is 10.2. The van der Waals surface area contributed by atoms with E-state index in [1.165, 1.54) is 42.5 Å². The van der Waals surface area contributed by atoms with Crippen LogP contribution >= 0.6 is 11.3 Å². The maximum Gasteiger partial charge on any atom is 0.0506 e. The van der Waals surface area contributed by atoms with Crippen molar-refractivity contribution in [3.63, 3.8) is 0 Å². The first-order chi connectivity index (χ1) is 6.76. The predicted molar refractivity (Wildman–Crippen MR) is 62.6 cm³/mol. The van der Waals surface area contributed by atoms with E-state index in [9.17, 15) is 0 Å². The van der Waals surface area contributed by atoms with E-state index in [0.717, 1.165) is 6.42 Å². The average Bonchev–Trinajstić information content (AvgIpc) is 2.67. The van der Waals surface area contributed by atoms with Crippen molar-refractivity contribution in [2.24, 2.45) is 5.73 Å². The van der Waals surface area contributed by atoms with Crippen LogP contribution in [0, 0.1) is 0 Å². The molecule has 1 heterocycles. The summed E-state index contributed by atoms with van der Waals surface area (Å²) in [6.07, 6.45) is 7.46. The summed E-state index contributed by atoms with van der Waals surface area (Å²) < 4.78 is 0. The molecule has 1 aromatic rings. The number of rotatable bonds is 2. The van der Waals surface area contributed by atoms with E-state index in [1.807, 2.05) is 11.3 Å². The molecule has 0 aliphatic heterocycles. The van der Waals surface area contributed by atoms with Gasteiger partial charge in [-0.2, -0.15) is 0 Å². The van der Waals surface area contributed by atoms with Crippen molar-refractivity contribution in [3.8, 4) is 0 Å². The molecule has 0 amide bonds. The second kappa shape index (κ2) is 4.03. The molecule has 0 aromatic carbocycles. The molecule has 1 nitrogen and oxygen atoms in total. The highest BCUT2D eigenvalue weighted by atomic mass is 32.1. The van der Waals surface area contributed by atoms with Gasteiger partial charge in [0.25, 0.3) is 0 Å². The van der Waals surface area contributed by atoms with Crippen molar-refractivity contribution in [1.29, 1.82) is 0 Å². The monoisotopic (exact) mass is 209 g/mol. The van der Waals surface area contributed by atoms with Crippen LogP contribution < -0.4 is 5.73 Å². The van der Waals surface area contributed by atoms with Crippen LogP contribution in [0.2, 0.25) is 0 Å². The fourth-order valence-electron chi connectivity index (χ4n) is 2.46. The molecule has 0 atom stereocenters. The zero-order valence-corrected chi connectivity index (χ0v) is 9.70. The Kier molecular flexibility index (Phi) is 2.93. The van der Waals surface area contributed by atoms with Crippen LogP contribution in [0.15, 0.2) is 11.4 Å². The fraction of sp³-hybridized carbons (Fsp3) is 0.667. The number of thiophene rings is 1. The van der Waals surface area contributed by atoms with E-state index in [-0.39, 0.29) is 5.54 Å². The molecular formula is C12H19NS. The molecule has 1 aromatic heterocycles. The Balaban J connectivity index is 2.27. The van der Waals surface area contributed by atoms with Crippen LogP contribution in [0.3, 0.4) is 0 Å². The molecule has 2 rings (SSSR count). The van der Waals surface area contributed by atoms with Gasteiger partial charge in [0.1, 0.15) is 0 Å². The Hall–Kier alpha value is -0.340. The fourth-order valence-corrected chi connectivity index (χ4v) is 3.63. The molecule has 0 spiro atoms. The molecule has 1 fully saturated rings. The lowest BCUT2D eigenvalue weighted by Crippen LogP contribution is -2.38. The minimum atomic E-state index is 0.0117. The highest BCUT2D eigenvalue weighted by Gasteiger charge is 2.31. The molecule has 2 N–H and O–H groups in total. The second-order valence-electron chi connectivity index (χ2n) is 4.35. The summed E-state index contributed by atoms with van der Waals surface area (Å²) in [7, 11) is 0. The summed E-state index contributed by atoms with van der Waals surface area (Å²) in [4.78, 5) is 1.46. The Bertz CT molecular complexity index is 297. The highest BCUT2D eigenvalue weighted by Crippen LogP contribution is 2.39. The minimum Gasteiger partial charge on any atom is -0.321 e. The van der Waals surface area contributed by atoms with E-state index in [0.29, 0.717) is 0 Å². The van der Waals surface area contributed by atoms with Crippen LogP contribution in [0.25, 0.3) is 0 Å². The van der Waals surface area contributed by atoms with Gasteiger partial charge >= 0.3 is 0 Å². The van der Waals surface area contributed by atoms with Crippen molar-refractivity contribution in [3.05, 3.63) is 21.9 Å². The molecule has 1 saturated carbocycles.